The predicted octanol–water partition coefficient (Wildman–Crippen LogP) is 4.33. The van der Waals surface area contributed by atoms with Gasteiger partial charge >= 0.3 is 0 Å². The maximum Gasteiger partial charge on any atom is 0.0766 e. The van der Waals surface area contributed by atoms with E-state index in [2.05, 4.69) is 41.8 Å². The molecule has 0 N–H and O–H groups in total. The van der Waals surface area contributed by atoms with Crippen molar-refractivity contribution in [3.63, 3.8) is 0 Å². The summed E-state index contributed by atoms with van der Waals surface area (Å²) in [5.74, 6) is 0.665. The van der Waals surface area contributed by atoms with Gasteiger partial charge in [-0.05, 0) is 47.5 Å². The Labute approximate surface area is 118 Å². The molecule has 0 spiro atoms. The molecule has 0 fully saturated rings. The van der Waals surface area contributed by atoms with Gasteiger partial charge in [0.1, 0.15) is 0 Å². The average molecular weight is 322 g/mol. The second-order valence-corrected chi connectivity index (χ2v) is 6.36. The number of hydrogen-bond acceptors (Lipinski definition) is 1. The second kappa shape index (κ2) is 6.79. The Bertz CT molecular complexity index is 361. The highest BCUT2D eigenvalue weighted by molar-refractivity contribution is 9.10. The van der Waals surface area contributed by atoms with Crippen molar-refractivity contribution >= 4 is 27.5 Å². The maximum atomic E-state index is 6.33. The van der Waals surface area contributed by atoms with Crippen LogP contribution in [-0.4, -0.2) is 15.2 Å². The molecule has 0 aliphatic carbocycles. The van der Waals surface area contributed by atoms with Crippen molar-refractivity contribution in [2.24, 2.45) is 13.0 Å². The fourth-order valence-electron chi connectivity index (χ4n) is 2.01. The Balaban J connectivity index is 2.60. The molecule has 17 heavy (non-hydrogen) atoms. The molecule has 4 heteroatoms. The van der Waals surface area contributed by atoms with Crippen molar-refractivity contribution in [1.29, 1.82) is 0 Å². The lowest BCUT2D eigenvalue weighted by Gasteiger charge is -2.12. The van der Waals surface area contributed by atoms with Crippen LogP contribution in [0.3, 0.4) is 0 Å². The summed E-state index contributed by atoms with van der Waals surface area (Å²) >= 11 is 9.96. The van der Waals surface area contributed by atoms with Crippen LogP contribution in [-0.2, 0) is 19.9 Å². The van der Waals surface area contributed by atoms with E-state index >= 15 is 0 Å². The van der Waals surface area contributed by atoms with Crippen LogP contribution in [0.25, 0.3) is 0 Å². The second-order valence-electron chi connectivity index (χ2n) is 4.95. The summed E-state index contributed by atoms with van der Waals surface area (Å²) in [5.41, 5.74) is 2.40. The lowest BCUT2D eigenvalue weighted by molar-refractivity contribution is 0.537. The van der Waals surface area contributed by atoms with Gasteiger partial charge in [0.05, 0.1) is 15.9 Å². The summed E-state index contributed by atoms with van der Waals surface area (Å²) in [5, 5.41) is 4.76. The molecule has 1 unspecified atom stereocenters. The molecule has 0 saturated carbocycles. The minimum absolute atomic E-state index is 0.266. The largest absolute Gasteiger partial charge is 0.271 e. The molecule has 0 aliphatic heterocycles. The van der Waals surface area contributed by atoms with E-state index in [1.165, 1.54) is 5.69 Å². The van der Waals surface area contributed by atoms with Gasteiger partial charge in [0.15, 0.2) is 0 Å². The quantitative estimate of drug-likeness (QED) is 0.713. The third kappa shape index (κ3) is 4.29. The van der Waals surface area contributed by atoms with Crippen LogP contribution in [0, 0.1) is 5.92 Å². The molecule has 2 nitrogen and oxygen atoms in total. The van der Waals surface area contributed by atoms with E-state index in [0.717, 1.165) is 35.8 Å². The van der Waals surface area contributed by atoms with Crippen molar-refractivity contribution in [2.45, 2.75) is 51.8 Å². The topological polar surface area (TPSA) is 17.8 Å². The molecule has 1 heterocycles. The number of halogens is 2. The van der Waals surface area contributed by atoms with Crippen molar-refractivity contribution in [2.75, 3.05) is 0 Å². The molecule has 1 aromatic heterocycles. The van der Waals surface area contributed by atoms with E-state index in [4.69, 9.17) is 11.6 Å². The zero-order valence-corrected chi connectivity index (χ0v) is 13.5. The summed E-state index contributed by atoms with van der Waals surface area (Å²) in [7, 11) is 2.00. The van der Waals surface area contributed by atoms with E-state index in [1.54, 1.807) is 0 Å². The van der Waals surface area contributed by atoms with Crippen LogP contribution in [0.2, 0.25) is 0 Å². The number of aromatic nitrogens is 2. The Morgan fingerprint density at radius 2 is 2.06 bits per heavy atom. The van der Waals surface area contributed by atoms with Crippen LogP contribution in [0.5, 0.6) is 0 Å². The summed E-state index contributed by atoms with van der Waals surface area (Å²) in [6.07, 6.45) is 4.05. The van der Waals surface area contributed by atoms with Crippen molar-refractivity contribution in [3.05, 3.63) is 15.9 Å². The van der Waals surface area contributed by atoms with Gasteiger partial charge in [-0.25, -0.2) is 0 Å². The van der Waals surface area contributed by atoms with Crippen molar-refractivity contribution < 1.29 is 0 Å². The van der Waals surface area contributed by atoms with Gasteiger partial charge in [-0.3, -0.25) is 4.68 Å². The molecule has 1 atom stereocenters. The van der Waals surface area contributed by atoms with Gasteiger partial charge in [0.2, 0.25) is 0 Å². The summed E-state index contributed by atoms with van der Waals surface area (Å²) in [6.45, 7) is 6.55. The maximum absolute atomic E-state index is 6.33. The van der Waals surface area contributed by atoms with Gasteiger partial charge < -0.3 is 0 Å². The van der Waals surface area contributed by atoms with Gasteiger partial charge in [-0.1, -0.05) is 20.8 Å². The SMILES string of the molecule is CCc1nn(C)c(CCC(Cl)CC(C)C)c1Br. The summed E-state index contributed by atoms with van der Waals surface area (Å²) in [6, 6.07) is 0. The molecule has 0 aliphatic rings. The van der Waals surface area contributed by atoms with E-state index in [1.807, 2.05) is 11.7 Å². The van der Waals surface area contributed by atoms with Gasteiger partial charge in [0, 0.05) is 12.4 Å². The molecular weight excluding hydrogens is 300 g/mol. The van der Waals surface area contributed by atoms with Crippen LogP contribution in [0.1, 0.15) is 45.0 Å². The fraction of sp³-hybridized carbons (Fsp3) is 0.769. The van der Waals surface area contributed by atoms with Gasteiger partial charge in [-0.15, -0.1) is 11.6 Å². The molecule has 1 rings (SSSR count). The first-order chi connectivity index (χ1) is 7.95. The third-order valence-electron chi connectivity index (χ3n) is 2.92. The Hall–Kier alpha value is -0.0200. The summed E-state index contributed by atoms with van der Waals surface area (Å²) in [4.78, 5) is 0. The lowest BCUT2D eigenvalue weighted by Crippen LogP contribution is -2.07. The first kappa shape index (κ1) is 15.0. The molecule has 0 saturated heterocycles. The van der Waals surface area contributed by atoms with E-state index in [9.17, 15) is 0 Å². The van der Waals surface area contributed by atoms with Crippen molar-refractivity contribution in [1.82, 2.24) is 9.78 Å². The van der Waals surface area contributed by atoms with Crippen LogP contribution in [0.15, 0.2) is 4.47 Å². The number of alkyl halides is 1. The minimum Gasteiger partial charge on any atom is -0.271 e. The number of hydrogen-bond donors (Lipinski definition) is 0. The predicted molar refractivity (Wildman–Crippen MR) is 77.7 cm³/mol. The molecular formula is C13H22BrClN2. The van der Waals surface area contributed by atoms with E-state index in [0.29, 0.717) is 5.92 Å². The minimum atomic E-state index is 0.266. The van der Waals surface area contributed by atoms with E-state index < -0.39 is 0 Å². The van der Waals surface area contributed by atoms with Gasteiger partial charge in [0.25, 0.3) is 0 Å². The first-order valence-electron chi connectivity index (χ1n) is 6.30. The molecule has 0 amide bonds. The average Bonchev–Trinajstić information content (AvgIpc) is 2.50. The van der Waals surface area contributed by atoms with Crippen LogP contribution >= 0.6 is 27.5 Å². The zero-order chi connectivity index (χ0) is 13.0. The molecule has 0 radical (unpaired) electrons. The molecule has 98 valence electrons. The van der Waals surface area contributed by atoms with Gasteiger partial charge in [-0.2, -0.15) is 5.10 Å². The molecule has 0 aromatic carbocycles. The van der Waals surface area contributed by atoms with Crippen LogP contribution < -0.4 is 0 Å². The Morgan fingerprint density at radius 1 is 1.41 bits per heavy atom. The van der Waals surface area contributed by atoms with E-state index in [-0.39, 0.29) is 5.38 Å². The monoisotopic (exact) mass is 320 g/mol. The standard InChI is InChI=1S/C13H22BrClN2/c1-5-11-13(14)12(17(4)16-11)7-6-10(15)8-9(2)3/h9-10H,5-8H2,1-4H3. The smallest absolute Gasteiger partial charge is 0.0766 e. The zero-order valence-electron chi connectivity index (χ0n) is 11.1. The molecule has 1 aromatic rings. The Morgan fingerprint density at radius 3 is 2.53 bits per heavy atom. The molecule has 0 bridgehead atoms. The fourth-order valence-corrected chi connectivity index (χ4v) is 3.29. The Kier molecular flexibility index (Phi) is 6.01. The highest BCUT2D eigenvalue weighted by atomic mass is 79.9. The summed E-state index contributed by atoms with van der Waals surface area (Å²) < 4.78 is 3.14. The third-order valence-corrected chi connectivity index (χ3v) is 4.24. The lowest BCUT2D eigenvalue weighted by atomic mass is 10.0. The highest BCUT2D eigenvalue weighted by Crippen LogP contribution is 2.24. The van der Waals surface area contributed by atoms with Crippen LogP contribution in [0.4, 0.5) is 0 Å². The number of aryl methyl sites for hydroxylation is 2. The number of rotatable bonds is 6. The van der Waals surface area contributed by atoms with Crippen molar-refractivity contribution in [3.8, 4) is 0 Å². The highest BCUT2D eigenvalue weighted by Gasteiger charge is 2.14. The number of nitrogens with zero attached hydrogens (tertiary/aromatic N) is 2. The normalized spacial score (nSPS) is 13.4. The first-order valence-corrected chi connectivity index (χ1v) is 7.52.